The maximum absolute atomic E-state index is 12.2. The third-order valence-electron chi connectivity index (χ3n) is 2.80. The quantitative estimate of drug-likeness (QED) is 0.450. The molecule has 0 heterocycles. The zero-order valence-electron chi connectivity index (χ0n) is 12.0. The molecule has 112 valence electrons. The molecule has 0 radical (unpaired) electrons. The van der Waals surface area contributed by atoms with Gasteiger partial charge >= 0.3 is 0 Å². The Kier molecular flexibility index (Phi) is 5.21. The van der Waals surface area contributed by atoms with Crippen LogP contribution >= 0.6 is 12.2 Å². The van der Waals surface area contributed by atoms with Crippen molar-refractivity contribution in [2.45, 2.75) is 6.92 Å². The summed E-state index contributed by atoms with van der Waals surface area (Å²) in [6.07, 6.45) is 0. The number of hydrogen-bond acceptors (Lipinski definition) is 4. The summed E-state index contributed by atoms with van der Waals surface area (Å²) in [5.74, 6) is -0.459. The van der Waals surface area contributed by atoms with Crippen LogP contribution in [0.5, 0.6) is 0 Å². The van der Waals surface area contributed by atoms with E-state index in [2.05, 4.69) is 15.8 Å². The summed E-state index contributed by atoms with van der Waals surface area (Å²) in [4.78, 5) is 12.1. The van der Waals surface area contributed by atoms with E-state index in [1.54, 1.807) is 12.1 Å². The van der Waals surface area contributed by atoms with Crippen molar-refractivity contribution in [3.63, 3.8) is 0 Å². The van der Waals surface area contributed by atoms with Crippen molar-refractivity contribution in [1.29, 1.82) is 0 Å². The van der Waals surface area contributed by atoms with Crippen molar-refractivity contribution in [2.75, 3.05) is 10.7 Å². The Morgan fingerprint density at radius 3 is 2.41 bits per heavy atom. The first-order chi connectivity index (χ1) is 10.6. The lowest BCUT2D eigenvalue weighted by atomic mass is 10.2. The van der Waals surface area contributed by atoms with Crippen LogP contribution in [-0.2, 0) is 4.79 Å². The fraction of sp³-hybridized carbons (Fsp3) is 0.0625. The van der Waals surface area contributed by atoms with Crippen LogP contribution < -0.4 is 16.5 Å². The molecule has 2 aromatic carbocycles. The van der Waals surface area contributed by atoms with Crippen LogP contribution in [0.25, 0.3) is 0 Å². The third-order valence-corrected chi connectivity index (χ3v) is 2.99. The first-order valence-corrected chi connectivity index (χ1v) is 7.03. The number of carbonyl (C=O) groups excluding carboxylic acids is 1. The number of nitrogens with two attached hydrogens (primary N) is 1. The van der Waals surface area contributed by atoms with Gasteiger partial charge in [0.25, 0.3) is 5.91 Å². The Hall–Kier alpha value is -2.73. The van der Waals surface area contributed by atoms with Crippen molar-refractivity contribution in [1.82, 2.24) is 0 Å². The van der Waals surface area contributed by atoms with E-state index in [9.17, 15) is 4.79 Å². The topological polar surface area (TPSA) is 79.5 Å². The largest absolute Gasteiger partial charge is 0.388 e. The highest BCUT2D eigenvalue weighted by molar-refractivity contribution is 7.82. The first-order valence-electron chi connectivity index (χ1n) is 6.63. The van der Waals surface area contributed by atoms with Gasteiger partial charge in [0.05, 0.1) is 5.69 Å². The van der Waals surface area contributed by atoms with E-state index in [0.29, 0.717) is 5.69 Å². The summed E-state index contributed by atoms with van der Waals surface area (Å²) < 4.78 is 0. The van der Waals surface area contributed by atoms with E-state index in [4.69, 9.17) is 18.0 Å². The van der Waals surface area contributed by atoms with Crippen molar-refractivity contribution in [3.8, 4) is 0 Å². The molecule has 0 spiro atoms. The molecule has 0 aliphatic heterocycles. The Balaban J connectivity index is 2.13. The van der Waals surface area contributed by atoms with Crippen LogP contribution in [0.2, 0.25) is 0 Å². The zero-order chi connectivity index (χ0) is 15.9. The van der Waals surface area contributed by atoms with E-state index in [1.807, 2.05) is 49.4 Å². The molecular formula is C16H16N4OS. The molecule has 0 atom stereocenters. The summed E-state index contributed by atoms with van der Waals surface area (Å²) in [5, 5.41) is 6.71. The van der Waals surface area contributed by atoms with Crippen LogP contribution in [0.4, 0.5) is 11.4 Å². The lowest BCUT2D eigenvalue weighted by Gasteiger charge is -2.08. The number of para-hydroxylation sites is 1. The standard InChI is InChI=1S/C16H16N4OS/c1-11-6-5-9-13(10-11)19-20-14(15(17)22)16(21)18-12-7-3-2-4-8-12/h2-10,19H,1H3,(H2,17,22)(H,18,21)/b20-14+. The minimum atomic E-state index is -0.459. The maximum atomic E-state index is 12.2. The molecule has 0 aromatic heterocycles. The van der Waals surface area contributed by atoms with Gasteiger partial charge in [-0.05, 0) is 36.8 Å². The highest BCUT2D eigenvalue weighted by Crippen LogP contribution is 2.10. The fourth-order valence-corrected chi connectivity index (χ4v) is 1.90. The van der Waals surface area contributed by atoms with Crippen LogP contribution in [0, 0.1) is 6.92 Å². The summed E-state index contributed by atoms with van der Waals surface area (Å²) in [5.41, 5.74) is 10.8. The average molecular weight is 312 g/mol. The SMILES string of the molecule is Cc1cccc(N/N=C(/C(=O)Nc2ccccc2)C(N)=S)c1. The number of anilines is 2. The Morgan fingerprint density at radius 1 is 1.09 bits per heavy atom. The number of carbonyl (C=O) groups is 1. The van der Waals surface area contributed by atoms with E-state index in [-0.39, 0.29) is 10.7 Å². The van der Waals surface area contributed by atoms with E-state index in [0.717, 1.165) is 11.3 Å². The molecule has 0 saturated heterocycles. The molecule has 22 heavy (non-hydrogen) atoms. The molecule has 0 bridgehead atoms. The highest BCUT2D eigenvalue weighted by atomic mass is 32.1. The third kappa shape index (κ3) is 4.39. The fourth-order valence-electron chi connectivity index (χ4n) is 1.76. The van der Waals surface area contributed by atoms with Gasteiger partial charge in [-0.15, -0.1) is 0 Å². The summed E-state index contributed by atoms with van der Waals surface area (Å²) in [6.45, 7) is 1.96. The second kappa shape index (κ2) is 7.33. The molecule has 1 amide bonds. The lowest BCUT2D eigenvalue weighted by molar-refractivity contribution is -0.110. The molecule has 4 N–H and O–H groups in total. The van der Waals surface area contributed by atoms with Gasteiger partial charge < -0.3 is 11.1 Å². The average Bonchev–Trinajstić information content (AvgIpc) is 2.48. The second-order valence-corrected chi connectivity index (χ2v) is 5.07. The molecule has 0 fully saturated rings. The van der Waals surface area contributed by atoms with E-state index >= 15 is 0 Å². The molecule has 0 aliphatic carbocycles. The van der Waals surface area contributed by atoms with Crippen LogP contribution in [-0.4, -0.2) is 16.6 Å². The number of aryl methyl sites for hydroxylation is 1. The Bertz CT molecular complexity index is 713. The van der Waals surface area contributed by atoms with Gasteiger partial charge in [0.2, 0.25) is 0 Å². The van der Waals surface area contributed by atoms with Crippen molar-refractivity contribution >= 4 is 40.2 Å². The number of benzene rings is 2. The predicted octanol–water partition coefficient (Wildman–Crippen LogP) is 2.69. The van der Waals surface area contributed by atoms with Crippen molar-refractivity contribution in [3.05, 3.63) is 60.2 Å². The van der Waals surface area contributed by atoms with Crippen LogP contribution in [0.1, 0.15) is 5.56 Å². The minimum Gasteiger partial charge on any atom is -0.388 e. The lowest BCUT2D eigenvalue weighted by Crippen LogP contribution is -2.34. The van der Waals surface area contributed by atoms with E-state index in [1.165, 1.54) is 0 Å². The summed E-state index contributed by atoms with van der Waals surface area (Å²) in [6, 6.07) is 16.6. The van der Waals surface area contributed by atoms with Crippen molar-refractivity contribution < 1.29 is 4.79 Å². The van der Waals surface area contributed by atoms with Crippen LogP contribution in [0.15, 0.2) is 59.7 Å². The van der Waals surface area contributed by atoms with E-state index < -0.39 is 5.91 Å². The molecule has 2 rings (SSSR count). The van der Waals surface area contributed by atoms with Gasteiger partial charge in [-0.25, -0.2) is 0 Å². The number of hydrogen-bond donors (Lipinski definition) is 3. The monoisotopic (exact) mass is 312 g/mol. The smallest absolute Gasteiger partial charge is 0.279 e. The molecule has 2 aromatic rings. The molecule has 0 saturated carbocycles. The molecule has 0 aliphatic rings. The van der Waals surface area contributed by atoms with Gasteiger partial charge in [-0.1, -0.05) is 42.5 Å². The zero-order valence-corrected chi connectivity index (χ0v) is 12.9. The first kappa shape index (κ1) is 15.7. The normalized spacial score (nSPS) is 10.9. The second-order valence-electron chi connectivity index (χ2n) is 4.63. The molecule has 5 nitrogen and oxygen atoms in total. The number of nitrogens with zero attached hydrogens (tertiary/aromatic N) is 1. The minimum absolute atomic E-state index is 0.0274. The summed E-state index contributed by atoms with van der Waals surface area (Å²) in [7, 11) is 0. The Morgan fingerprint density at radius 2 is 1.77 bits per heavy atom. The molecule has 0 unspecified atom stereocenters. The number of thiocarbonyl (C=S) groups is 1. The van der Waals surface area contributed by atoms with Gasteiger partial charge in [0.1, 0.15) is 4.99 Å². The predicted molar refractivity (Wildman–Crippen MR) is 94.1 cm³/mol. The number of nitrogens with one attached hydrogen (secondary N) is 2. The van der Waals surface area contributed by atoms with Gasteiger partial charge in [-0.3, -0.25) is 10.2 Å². The molecule has 6 heteroatoms. The number of amides is 1. The van der Waals surface area contributed by atoms with Gasteiger partial charge in [-0.2, -0.15) is 5.10 Å². The maximum Gasteiger partial charge on any atom is 0.279 e. The van der Waals surface area contributed by atoms with Gasteiger partial charge in [0.15, 0.2) is 5.71 Å². The van der Waals surface area contributed by atoms with Crippen LogP contribution in [0.3, 0.4) is 0 Å². The molecular weight excluding hydrogens is 296 g/mol. The number of rotatable bonds is 5. The van der Waals surface area contributed by atoms with Crippen molar-refractivity contribution in [2.24, 2.45) is 10.8 Å². The number of hydrazone groups is 1. The Labute approximate surface area is 134 Å². The summed E-state index contributed by atoms with van der Waals surface area (Å²) >= 11 is 4.90. The highest BCUT2D eigenvalue weighted by Gasteiger charge is 2.15. The van der Waals surface area contributed by atoms with Gasteiger partial charge in [0, 0.05) is 5.69 Å².